The van der Waals surface area contributed by atoms with Crippen molar-refractivity contribution in [2.45, 2.75) is 36.6 Å². The molecule has 164 valence electrons. The van der Waals surface area contributed by atoms with Crippen LogP contribution >= 0.6 is 22.9 Å². The smallest absolute Gasteiger partial charge is 0.268 e. The highest BCUT2D eigenvalue weighted by Crippen LogP contribution is 2.49. The largest absolute Gasteiger partial charge is 0.370 e. The first kappa shape index (κ1) is 21.7. The summed E-state index contributed by atoms with van der Waals surface area (Å²) < 4.78 is 57.1. The van der Waals surface area contributed by atoms with Gasteiger partial charge in [0.25, 0.3) is 10.0 Å². The molecule has 2 aliphatic rings. The minimum Gasteiger partial charge on any atom is -0.370 e. The van der Waals surface area contributed by atoms with Gasteiger partial charge in [0.2, 0.25) is 0 Å². The van der Waals surface area contributed by atoms with Crippen LogP contribution in [0, 0.1) is 17.0 Å². The molecule has 1 aromatic carbocycles. The predicted octanol–water partition coefficient (Wildman–Crippen LogP) is 4.19. The molecule has 4 rings (SSSR count). The first-order valence-electron chi connectivity index (χ1n) is 9.64. The number of nitrogens with zero attached hydrogens (tertiary/aromatic N) is 3. The van der Waals surface area contributed by atoms with Gasteiger partial charge in [-0.25, -0.2) is 22.2 Å². The van der Waals surface area contributed by atoms with Crippen LogP contribution in [0.5, 0.6) is 0 Å². The normalized spacial score (nSPS) is 24.3. The van der Waals surface area contributed by atoms with E-state index in [1.165, 1.54) is 10.9 Å². The van der Waals surface area contributed by atoms with Crippen molar-refractivity contribution < 1.29 is 17.2 Å². The average Bonchev–Trinajstić information content (AvgIpc) is 3.40. The predicted molar refractivity (Wildman–Crippen MR) is 115 cm³/mol. The Morgan fingerprint density at radius 1 is 1.37 bits per heavy atom. The summed E-state index contributed by atoms with van der Waals surface area (Å²) in [6.45, 7) is 1.25. The summed E-state index contributed by atoms with van der Waals surface area (Å²) in [7, 11) is -0.401. The van der Waals surface area contributed by atoms with Gasteiger partial charge in [0.15, 0.2) is 16.5 Å². The van der Waals surface area contributed by atoms with Gasteiger partial charge in [0, 0.05) is 36.0 Å². The number of thiazole rings is 1. The lowest BCUT2D eigenvalue weighted by atomic mass is 9.81. The number of nitrogens with one attached hydrogen (secondary N) is 1. The molecule has 0 bridgehead atoms. The van der Waals surface area contributed by atoms with Crippen LogP contribution in [0.15, 0.2) is 21.9 Å². The number of anilines is 2. The minimum atomic E-state index is -4.52. The molecule has 1 N–H and O–H groups in total. The molecule has 11 heteroatoms. The van der Waals surface area contributed by atoms with Crippen LogP contribution in [0.2, 0.25) is 5.02 Å². The van der Waals surface area contributed by atoms with Gasteiger partial charge >= 0.3 is 0 Å². The van der Waals surface area contributed by atoms with Gasteiger partial charge < -0.3 is 9.80 Å². The molecule has 1 aliphatic heterocycles. The van der Waals surface area contributed by atoms with Crippen molar-refractivity contribution in [2.75, 3.05) is 36.8 Å². The Labute approximate surface area is 183 Å². The van der Waals surface area contributed by atoms with Crippen molar-refractivity contribution in [3.63, 3.8) is 0 Å². The number of hydrogen-bond donors (Lipinski definition) is 1. The highest BCUT2D eigenvalue weighted by Gasteiger charge is 2.48. The van der Waals surface area contributed by atoms with E-state index in [1.54, 1.807) is 0 Å². The zero-order valence-electron chi connectivity index (χ0n) is 16.7. The zero-order valence-corrected chi connectivity index (χ0v) is 19.0. The number of aromatic nitrogens is 1. The van der Waals surface area contributed by atoms with Gasteiger partial charge in [-0.05, 0) is 33.4 Å². The second-order valence-corrected chi connectivity index (χ2v) is 10.9. The molecular formula is C19H23ClF2N4O2S2. The summed E-state index contributed by atoms with van der Waals surface area (Å²) in [5, 5.41) is 1.04. The maximum absolute atomic E-state index is 15.0. The van der Waals surface area contributed by atoms with Gasteiger partial charge in [-0.3, -0.25) is 4.72 Å². The fraction of sp³-hybridized carbons (Fsp3) is 0.526. The van der Waals surface area contributed by atoms with E-state index >= 15 is 4.39 Å². The summed E-state index contributed by atoms with van der Waals surface area (Å²) in [4.78, 5) is 6.79. The van der Waals surface area contributed by atoms with Crippen molar-refractivity contribution in [2.24, 2.45) is 5.41 Å². The summed E-state index contributed by atoms with van der Waals surface area (Å²) in [5.41, 5.74) is 1.66. The van der Waals surface area contributed by atoms with Crippen LogP contribution in [0.4, 0.5) is 20.3 Å². The van der Waals surface area contributed by atoms with Gasteiger partial charge in [-0.15, -0.1) is 11.3 Å². The van der Waals surface area contributed by atoms with Crippen LogP contribution < -0.4 is 9.62 Å². The Bertz CT molecular complexity index is 1050. The fourth-order valence-electron chi connectivity index (χ4n) is 5.00. The van der Waals surface area contributed by atoms with Gasteiger partial charge in [-0.2, -0.15) is 0 Å². The topological polar surface area (TPSA) is 65.5 Å². The number of sulfonamides is 1. The van der Waals surface area contributed by atoms with Crippen molar-refractivity contribution in [1.82, 2.24) is 9.88 Å². The van der Waals surface area contributed by atoms with Crippen LogP contribution in [0.25, 0.3) is 0 Å². The second-order valence-electron chi connectivity index (χ2n) is 8.22. The standard InChI is InChI=1S/C19H23ClF2N4O2S2/c1-25(2)14-4-3-5-19(14)6-7-26(10-19)13-8-12(21)18(17(22)16(13)20)30(27,28)24-15-9-29-11-23-15/h8-9,11,14,24H,3-7,10H2,1-2H3/t14-,19-/m0/s1. The lowest BCUT2D eigenvalue weighted by molar-refractivity contribution is 0.153. The Morgan fingerprint density at radius 3 is 2.80 bits per heavy atom. The molecule has 2 aromatic rings. The van der Waals surface area contributed by atoms with E-state index < -0.39 is 26.6 Å². The van der Waals surface area contributed by atoms with E-state index in [9.17, 15) is 12.8 Å². The van der Waals surface area contributed by atoms with E-state index in [2.05, 4.69) is 28.7 Å². The summed E-state index contributed by atoms with van der Waals surface area (Å²) in [6, 6.07) is 1.43. The Kier molecular flexibility index (Phi) is 5.71. The molecule has 0 radical (unpaired) electrons. The number of rotatable bonds is 5. The first-order chi connectivity index (χ1) is 14.1. The fourth-order valence-corrected chi connectivity index (χ4v) is 7.02. The second kappa shape index (κ2) is 7.89. The Balaban J connectivity index is 1.66. The van der Waals surface area contributed by atoms with E-state index in [0.29, 0.717) is 19.1 Å². The maximum atomic E-state index is 15.0. The quantitative estimate of drug-likeness (QED) is 0.655. The molecule has 2 atom stereocenters. The highest BCUT2D eigenvalue weighted by molar-refractivity contribution is 7.92. The van der Waals surface area contributed by atoms with Gasteiger partial charge in [0.1, 0.15) is 10.8 Å². The number of benzene rings is 1. The third kappa shape index (κ3) is 3.68. The highest BCUT2D eigenvalue weighted by atomic mass is 35.5. The molecule has 30 heavy (non-hydrogen) atoms. The lowest BCUT2D eigenvalue weighted by Gasteiger charge is -2.36. The minimum absolute atomic E-state index is 0.00329. The van der Waals surface area contributed by atoms with E-state index in [1.807, 2.05) is 4.90 Å². The summed E-state index contributed by atoms with van der Waals surface area (Å²) in [5.74, 6) is -2.46. The van der Waals surface area contributed by atoms with Crippen molar-refractivity contribution in [3.8, 4) is 0 Å². The van der Waals surface area contributed by atoms with Crippen molar-refractivity contribution in [1.29, 1.82) is 0 Å². The lowest BCUT2D eigenvalue weighted by Crippen LogP contribution is -2.42. The molecule has 0 unspecified atom stereocenters. The summed E-state index contributed by atoms with van der Waals surface area (Å²) >= 11 is 7.39. The van der Waals surface area contributed by atoms with Gasteiger partial charge in [-0.1, -0.05) is 18.0 Å². The molecule has 2 fully saturated rings. The molecule has 1 saturated heterocycles. The molecule has 0 amide bonds. The number of hydrogen-bond acceptors (Lipinski definition) is 6. The zero-order chi connectivity index (χ0) is 21.7. The summed E-state index contributed by atoms with van der Waals surface area (Å²) in [6.07, 6.45) is 4.17. The van der Waals surface area contributed by atoms with E-state index in [0.717, 1.165) is 43.1 Å². The molecular weight excluding hydrogens is 454 g/mol. The Morgan fingerprint density at radius 2 is 2.13 bits per heavy atom. The first-order valence-corrected chi connectivity index (χ1v) is 12.4. The molecule has 1 aromatic heterocycles. The number of halogens is 3. The molecule has 1 spiro atoms. The van der Waals surface area contributed by atoms with Gasteiger partial charge in [0.05, 0.1) is 11.2 Å². The van der Waals surface area contributed by atoms with Crippen LogP contribution in [0.3, 0.4) is 0 Å². The Hall–Kier alpha value is -1.49. The maximum Gasteiger partial charge on any atom is 0.268 e. The SMILES string of the molecule is CN(C)[C@H]1CCC[C@@]12CCN(c1cc(F)c(S(=O)(=O)Nc3cscn3)c(F)c1Cl)C2. The van der Waals surface area contributed by atoms with Crippen molar-refractivity contribution >= 4 is 44.5 Å². The van der Waals surface area contributed by atoms with Crippen molar-refractivity contribution in [3.05, 3.63) is 33.6 Å². The van der Waals surface area contributed by atoms with E-state index in [-0.39, 0.29) is 21.9 Å². The average molecular weight is 477 g/mol. The molecule has 1 saturated carbocycles. The molecule has 1 aliphatic carbocycles. The van der Waals surface area contributed by atoms with E-state index in [4.69, 9.17) is 11.6 Å². The monoisotopic (exact) mass is 476 g/mol. The van der Waals surface area contributed by atoms with Crippen LogP contribution in [0.1, 0.15) is 25.7 Å². The molecule has 2 heterocycles. The molecule has 6 nitrogen and oxygen atoms in total. The van der Waals surface area contributed by atoms with Crippen LogP contribution in [-0.2, 0) is 10.0 Å². The third-order valence-corrected chi connectivity index (χ3v) is 8.58. The van der Waals surface area contributed by atoms with Crippen LogP contribution in [-0.4, -0.2) is 51.5 Å². The third-order valence-electron chi connectivity index (χ3n) is 6.25.